The fourth-order valence-electron chi connectivity index (χ4n) is 5.25. The summed E-state index contributed by atoms with van der Waals surface area (Å²) in [6, 6.07) is 5.67. The van der Waals surface area contributed by atoms with E-state index in [1.807, 2.05) is 23.7 Å². The number of H-pyrrole nitrogens is 1. The maximum atomic E-state index is 12.5. The van der Waals surface area contributed by atoms with E-state index in [2.05, 4.69) is 9.72 Å². The average molecular weight is 615 g/mol. The molecule has 0 radical (unpaired) electrons. The van der Waals surface area contributed by atoms with Crippen molar-refractivity contribution < 1.29 is 35.9 Å². The number of aromatic nitrogens is 1. The molecule has 0 aliphatic carbocycles. The average Bonchev–Trinajstić information content (AvgIpc) is 3.54. The number of nitrogens with zero attached hydrogens (tertiary/aromatic N) is 2. The maximum absolute atomic E-state index is 12.5. The molecule has 3 N–H and O–H groups in total. The number of nitrogens with one attached hydrogen (secondary N) is 1. The standard InChI is InChI=1S/C27H33F3N4O5S2/c1-4-41(37,38)34-7-5-17(6-8-34)23-12-32-24-21(23)10-18(11-22(24)25(31)35)19-9-20(40-15-19)14-33(3)13-16(2)39-26(36)27(28,29)30/h9-12,15-17,32H,4-8,13-14H2,1-3H3,(H2,31,35)/t16-/m0/s1. The lowest BCUT2D eigenvalue weighted by atomic mass is 9.88. The summed E-state index contributed by atoms with van der Waals surface area (Å²) in [7, 11) is -1.53. The van der Waals surface area contributed by atoms with Crippen molar-refractivity contribution in [1.29, 1.82) is 0 Å². The number of ether oxygens (including phenoxy) is 1. The van der Waals surface area contributed by atoms with Crippen LogP contribution in [0.25, 0.3) is 22.0 Å². The molecule has 3 heterocycles. The molecule has 1 atom stereocenters. The molecule has 9 nitrogen and oxygen atoms in total. The number of rotatable bonds is 10. The zero-order valence-corrected chi connectivity index (χ0v) is 24.6. The van der Waals surface area contributed by atoms with Gasteiger partial charge in [-0.1, -0.05) is 0 Å². The van der Waals surface area contributed by atoms with Crippen molar-refractivity contribution in [2.24, 2.45) is 5.73 Å². The Hall–Kier alpha value is -2.94. The number of fused-ring (bicyclic) bond motifs is 1. The van der Waals surface area contributed by atoms with Gasteiger partial charge in [-0.15, -0.1) is 11.3 Å². The molecule has 1 amide bonds. The van der Waals surface area contributed by atoms with Gasteiger partial charge in [-0.2, -0.15) is 13.2 Å². The lowest BCUT2D eigenvalue weighted by molar-refractivity contribution is -0.204. The predicted molar refractivity (Wildman–Crippen MR) is 151 cm³/mol. The topological polar surface area (TPSA) is 126 Å². The van der Waals surface area contributed by atoms with E-state index in [1.54, 1.807) is 24.9 Å². The van der Waals surface area contributed by atoms with E-state index in [9.17, 15) is 31.2 Å². The van der Waals surface area contributed by atoms with Gasteiger partial charge in [0.25, 0.3) is 5.91 Å². The van der Waals surface area contributed by atoms with Crippen molar-refractivity contribution in [2.45, 2.75) is 51.4 Å². The van der Waals surface area contributed by atoms with Gasteiger partial charge in [-0.25, -0.2) is 17.5 Å². The predicted octanol–water partition coefficient (Wildman–Crippen LogP) is 4.45. The first-order valence-corrected chi connectivity index (χ1v) is 15.6. The molecule has 0 unspecified atom stereocenters. The largest absolute Gasteiger partial charge is 0.490 e. The smallest absolute Gasteiger partial charge is 0.455 e. The van der Waals surface area contributed by atoms with Gasteiger partial charge in [0.15, 0.2) is 0 Å². The second kappa shape index (κ2) is 12.1. The molecule has 4 rings (SSSR count). The molecule has 41 heavy (non-hydrogen) atoms. The van der Waals surface area contributed by atoms with Gasteiger partial charge in [-0.05, 0) is 79.9 Å². The number of primary amides is 1. The zero-order chi connectivity index (χ0) is 30.1. The Morgan fingerprint density at radius 1 is 1.22 bits per heavy atom. The van der Waals surface area contributed by atoms with Gasteiger partial charge in [-0.3, -0.25) is 9.69 Å². The number of benzene rings is 1. The van der Waals surface area contributed by atoms with Gasteiger partial charge in [0.1, 0.15) is 6.10 Å². The molecule has 0 saturated carbocycles. The van der Waals surface area contributed by atoms with Crippen molar-refractivity contribution in [3.63, 3.8) is 0 Å². The molecule has 1 aliphatic rings. The van der Waals surface area contributed by atoms with Crippen LogP contribution in [0.5, 0.6) is 0 Å². The first kappa shape index (κ1) is 31.0. The van der Waals surface area contributed by atoms with Crippen LogP contribution in [-0.2, 0) is 26.1 Å². The molecule has 1 fully saturated rings. The van der Waals surface area contributed by atoms with Crippen LogP contribution in [0.3, 0.4) is 0 Å². The summed E-state index contributed by atoms with van der Waals surface area (Å²) in [6.45, 7) is 4.44. The number of hydrogen-bond acceptors (Lipinski definition) is 7. The minimum absolute atomic E-state index is 0.0685. The molecular weight excluding hydrogens is 581 g/mol. The molecule has 224 valence electrons. The van der Waals surface area contributed by atoms with Crippen LogP contribution >= 0.6 is 11.3 Å². The van der Waals surface area contributed by atoms with E-state index in [0.29, 0.717) is 43.6 Å². The summed E-state index contributed by atoms with van der Waals surface area (Å²) >= 11 is 1.46. The summed E-state index contributed by atoms with van der Waals surface area (Å²) in [4.78, 5) is 29.4. The molecular formula is C27H33F3N4O5S2. The Morgan fingerprint density at radius 2 is 1.90 bits per heavy atom. The number of halogens is 3. The third kappa shape index (κ3) is 7.11. The second-order valence-electron chi connectivity index (χ2n) is 10.3. The monoisotopic (exact) mass is 614 g/mol. The fraction of sp³-hybridized carbons (Fsp3) is 0.481. The summed E-state index contributed by atoms with van der Waals surface area (Å²) in [5.74, 6) is -2.60. The Morgan fingerprint density at radius 3 is 2.51 bits per heavy atom. The summed E-state index contributed by atoms with van der Waals surface area (Å²) < 4.78 is 68.0. The van der Waals surface area contributed by atoms with Gasteiger partial charge >= 0.3 is 12.1 Å². The van der Waals surface area contributed by atoms with Gasteiger partial charge in [0, 0.05) is 42.6 Å². The van der Waals surface area contributed by atoms with E-state index >= 15 is 0 Å². The quantitative estimate of drug-likeness (QED) is 0.325. The number of carbonyl (C=O) groups is 2. The van der Waals surface area contributed by atoms with Gasteiger partial charge in [0.05, 0.1) is 16.8 Å². The first-order valence-electron chi connectivity index (χ1n) is 13.2. The number of thiophene rings is 1. The number of sulfonamides is 1. The molecule has 2 aromatic heterocycles. The molecule has 1 saturated heterocycles. The number of piperidine rings is 1. The van der Waals surface area contributed by atoms with Gasteiger partial charge in [0.2, 0.25) is 10.0 Å². The van der Waals surface area contributed by atoms with Crippen LogP contribution < -0.4 is 5.73 Å². The molecule has 0 spiro atoms. The Balaban J connectivity index is 1.53. The molecule has 0 bridgehead atoms. The van der Waals surface area contributed by atoms with Crippen LogP contribution in [-0.4, -0.2) is 79.2 Å². The third-order valence-corrected chi connectivity index (χ3v) is 10.1. The van der Waals surface area contributed by atoms with Crippen LogP contribution in [0.2, 0.25) is 0 Å². The number of carbonyl (C=O) groups excluding carboxylic acids is 2. The van der Waals surface area contributed by atoms with Crippen molar-refractivity contribution >= 4 is 44.1 Å². The number of likely N-dealkylation sites (N-methyl/N-ethyl adjacent to an activating group) is 1. The number of esters is 1. The highest BCUT2D eigenvalue weighted by molar-refractivity contribution is 7.89. The number of amides is 1. The highest BCUT2D eigenvalue weighted by Gasteiger charge is 2.41. The number of alkyl halides is 3. The SMILES string of the molecule is CCS(=O)(=O)N1CCC(c2c[nH]c3c(C(N)=O)cc(-c4csc(CN(C)C[C@H](C)OC(=O)C(F)(F)F)c4)cc23)CC1. The van der Waals surface area contributed by atoms with E-state index in [4.69, 9.17) is 5.73 Å². The first-order chi connectivity index (χ1) is 19.2. The fourth-order valence-corrected chi connectivity index (χ4v) is 7.36. The highest BCUT2D eigenvalue weighted by Crippen LogP contribution is 2.38. The summed E-state index contributed by atoms with van der Waals surface area (Å²) in [6.07, 6.45) is -2.79. The number of aromatic amines is 1. The van der Waals surface area contributed by atoms with Gasteiger partial charge < -0.3 is 15.5 Å². The molecule has 3 aromatic rings. The molecule has 1 aromatic carbocycles. The van der Waals surface area contributed by atoms with E-state index in [0.717, 1.165) is 27.0 Å². The lowest BCUT2D eigenvalue weighted by Gasteiger charge is -2.31. The normalized spacial score (nSPS) is 16.4. The van der Waals surface area contributed by atoms with Crippen LogP contribution in [0.1, 0.15) is 53.4 Å². The number of nitrogens with two attached hydrogens (primary N) is 1. The highest BCUT2D eigenvalue weighted by atomic mass is 32.2. The summed E-state index contributed by atoms with van der Waals surface area (Å²) in [5.41, 5.74) is 9.37. The van der Waals surface area contributed by atoms with Crippen LogP contribution in [0, 0.1) is 0 Å². The second-order valence-corrected chi connectivity index (χ2v) is 13.6. The van der Waals surface area contributed by atoms with Crippen LogP contribution in [0.15, 0.2) is 29.8 Å². The number of hydrogen-bond donors (Lipinski definition) is 2. The molecule has 14 heteroatoms. The maximum Gasteiger partial charge on any atom is 0.490 e. The summed E-state index contributed by atoms with van der Waals surface area (Å²) in [5, 5.41) is 2.79. The third-order valence-electron chi connectivity index (χ3n) is 7.26. The van der Waals surface area contributed by atoms with Crippen molar-refractivity contribution in [3.8, 4) is 11.1 Å². The minimum Gasteiger partial charge on any atom is -0.455 e. The minimum atomic E-state index is -5.03. The van der Waals surface area contributed by atoms with Crippen LogP contribution in [0.4, 0.5) is 13.2 Å². The van der Waals surface area contributed by atoms with E-state index in [1.165, 1.54) is 22.6 Å². The van der Waals surface area contributed by atoms with Crippen molar-refractivity contribution in [3.05, 3.63) is 45.8 Å². The van der Waals surface area contributed by atoms with Crippen molar-refractivity contribution in [1.82, 2.24) is 14.2 Å². The lowest BCUT2D eigenvalue weighted by Crippen LogP contribution is -2.38. The van der Waals surface area contributed by atoms with E-state index in [-0.39, 0.29) is 18.2 Å². The Labute approximate surface area is 240 Å². The Bertz CT molecular complexity index is 1530. The van der Waals surface area contributed by atoms with E-state index < -0.39 is 34.2 Å². The Kier molecular flexibility index (Phi) is 9.16. The van der Waals surface area contributed by atoms with Crippen molar-refractivity contribution in [2.75, 3.05) is 32.4 Å². The molecule has 1 aliphatic heterocycles. The zero-order valence-electron chi connectivity index (χ0n) is 23.0.